The molecule has 0 amide bonds. The van der Waals surface area contributed by atoms with Crippen molar-refractivity contribution in [3.8, 4) is 11.5 Å². The normalized spacial score (nSPS) is 10.1. The van der Waals surface area contributed by atoms with E-state index in [-0.39, 0.29) is 5.97 Å². The van der Waals surface area contributed by atoms with Gasteiger partial charge in [-0.1, -0.05) is 30.3 Å². The van der Waals surface area contributed by atoms with Gasteiger partial charge < -0.3 is 9.47 Å². The van der Waals surface area contributed by atoms with Crippen LogP contribution in [0.3, 0.4) is 0 Å². The van der Waals surface area contributed by atoms with Crippen molar-refractivity contribution in [3.63, 3.8) is 0 Å². The summed E-state index contributed by atoms with van der Waals surface area (Å²) in [5, 5.41) is 0. The first-order chi connectivity index (χ1) is 9.79. The maximum absolute atomic E-state index is 11.8. The van der Waals surface area contributed by atoms with Gasteiger partial charge in [-0.25, -0.2) is 0 Å². The van der Waals surface area contributed by atoms with Gasteiger partial charge in [0.1, 0.15) is 0 Å². The van der Waals surface area contributed by atoms with Crippen LogP contribution in [0.2, 0.25) is 0 Å². The van der Waals surface area contributed by atoms with Crippen LogP contribution in [0.1, 0.15) is 6.42 Å². The molecule has 2 rings (SSSR count). The Kier molecular flexibility index (Phi) is 5.50. The van der Waals surface area contributed by atoms with Crippen LogP contribution in [0.15, 0.2) is 59.5 Å². The molecule has 3 nitrogen and oxygen atoms in total. The van der Waals surface area contributed by atoms with Gasteiger partial charge in [-0.3, -0.25) is 4.79 Å². The van der Waals surface area contributed by atoms with Crippen molar-refractivity contribution in [2.75, 3.05) is 12.9 Å². The van der Waals surface area contributed by atoms with E-state index in [1.165, 1.54) is 0 Å². The predicted octanol–water partition coefficient (Wildman–Crippen LogP) is 3.78. The molecule has 0 saturated carbocycles. The highest BCUT2D eigenvalue weighted by Crippen LogP contribution is 2.26. The minimum absolute atomic E-state index is 0.252. The zero-order valence-corrected chi connectivity index (χ0v) is 12.1. The Balaban J connectivity index is 1.81. The molecule has 0 aliphatic heterocycles. The number of esters is 1. The lowest BCUT2D eigenvalue weighted by Crippen LogP contribution is -2.09. The minimum atomic E-state index is -0.252. The number of carbonyl (C=O) groups excluding carboxylic acids is 1. The summed E-state index contributed by atoms with van der Waals surface area (Å²) in [5.41, 5.74) is 0. The SMILES string of the molecule is COc1ccccc1OC(=O)CCSc1ccccc1. The molecule has 4 heteroatoms. The number of thioether (sulfide) groups is 1. The minimum Gasteiger partial charge on any atom is -0.493 e. The third kappa shape index (κ3) is 4.31. The summed E-state index contributed by atoms with van der Waals surface area (Å²) in [6, 6.07) is 17.1. The first kappa shape index (κ1) is 14.5. The molecule has 0 unspecified atom stereocenters. The Bertz CT molecular complexity index is 555. The maximum Gasteiger partial charge on any atom is 0.312 e. The third-order valence-corrected chi connectivity index (χ3v) is 3.62. The predicted molar refractivity (Wildman–Crippen MR) is 80.4 cm³/mol. The van der Waals surface area contributed by atoms with Gasteiger partial charge in [0.2, 0.25) is 0 Å². The molecular weight excluding hydrogens is 272 g/mol. The monoisotopic (exact) mass is 288 g/mol. The van der Waals surface area contributed by atoms with E-state index >= 15 is 0 Å². The summed E-state index contributed by atoms with van der Waals surface area (Å²) in [6.07, 6.45) is 0.359. The molecule has 0 N–H and O–H groups in total. The standard InChI is InChI=1S/C16H16O3S/c1-18-14-9-5-6-10-15(14)19-16(17)11-12-20-13-7-3-2-4-8-13/h2-10H,11-12H2,1H3. The van der Waals surface area contributed by atoms with Crippen molar-refractivity contribution in [1.82, 2.24) is 0 Å². The van der Waals surface area contributed by atoms with Crippen LogP contribution in [-0.4, -0.2) is 18.8 Å². The Morgan fingerprint density at radius 1 is 1.00 bits per heavy atom. The fourth-order valence-electron chi connectivity index (χ4n) is 1.65. The molecule has 20 heavy (non-hydrogen) atoms. The van der Waals surface area contributed by atoms with Gasteiger partial charge in [0.25, 0.3) is 0 Å². The molecule has 0 aliphatic rings. The lowest BCUT2D eigenvalue weighted by molar-refractivity contribution is -0.134. The number of benzene rings is 2. The van der Waals surface area contributed by atoms with E-state index in [4.69, 9.17) is 9.47 Å². The van der Waals surface area contributed by atoms with Gasteiger partial charge in [0, 0.05) is 10.6 Å². The topological polar surface area (TPSA) is 35.5 Å². The molecule has 0 heterocycles. The molecule has 2 aromatic carbocycles. The highest BCUT2D eigenvalue weighted by Gasteiger charge is 2.09. The maximum atomic E-state index is 11.8. The smallest absolute Gasteiger partial charge is 0.312 e. The van der Waals surface area contributed by atoms with Gasteiger partial charge >= 0.3 is 5.97 Å². The van der Waals surface area contributed by atoms with Gasteiger partial charge in [0.05, 0.1) is 13.5 Å². The van der Waals surface area contributed by atoms with Crippen molar-refractivity contribution in [2.24, 2.45) is 0 Å². The zero-order valence-electron chi connectivity index (χ0n) is 11.2. The zero-order chi connectivity index (χ0) is 14.2. The molecule has 0 radical (unpaired) electrons. The fraction of sp³-hybridized carbons (Fsp3) is 0.188. The summed E-state index contributed by atoms with van der Waals surface area (Å²) in [6.45, 7) is 0. The molecule has 2 aromatic rings. The van der Waals surface area contributed by atoms with Crippen molar-refractivity contribution in [2.45, 2.75) is 11.3 Å². The summed E-state index contributed by atoms with van der Waals surface area (Å²) < 4.78 is 10.4. The van der Waals surface area contributed by atoms with Crippen LogP contribution in [-0.2, 0) is 4.79 Å². The second-order valence-electron chi connectivity index (χ2n) is 4.04. The Morgan fingerprint density at radius 3 is 2.35 bits per heavy atom. The number of carbonyl (C=O) groups is 1. The van der Waals surface area contributed by atoms with Crippen LogP contribution in [0, 0.1) is 0 Å². The molecule has 0 atom stereocenters. The average Bonchev–Trinajstić information content (AvgIpc) is 2.49. The van der Waals surface area contributed by atoms with Crippen molar-refractivity contribution < 1.29 is 14.3 Å². The number of hydrogen-bond donors (Lipinski definition) is 0. The van der Waals surface area contributed by atoms with Crippen LogP contribution in [0.5, 0.6) is 11.5 Å². The fourth-order valence-corrected chi connectivity index (χ4v) is 2.50. The van der Waals surface area contributed by atoms with E-state index in [9.17, 15) is 4.79 Å². The van der Waals surface area contributed by atoms with Crippen molar-refractivity contribution in [3.05, 3.63) is 54.6 Å². The Hall–Kier alpha value is -1.94. The van der Waals surface area contributed by atoms with Crippen molar-refractivity contribution in [1.29, 1.82) is 0 Å². The summed E-state index contributed by atoms with van der Waals surface area (Å²) in [7, 11) is 1.55. The second kappa shape index (κ2) is 7.60. The molecular formula is C16H16O3S. The Labute approximate surface area is 122 Å². The van der Waals surface area contributed by atoms with E-state index in [1.807, 2.05) is 42.5 Å². The third-order valence-electron chi connectivity index (χ3n) is 2.61. The molecule has 0 aliphatic carbocycles. The quantitative estimate of drug-likeness (QED) is 0.460. The van der Waals surface area contributed by atoms with Crippen LogP contribution in [0.25, 0.3) is 0 Å². The van der Waals surface area contributed by atoms with Crippen LogP contribution < -0.4 is 9.47 Å². The summed E-state index contributed by atoms with van der Waals surface area (Å²) >= 11 is 1.64. The van der Waals surface area contributed by atoms with E-state index in [2.05, 4.69) is 0 Å². The number of methoxy groups -OCH3 is 1. The molecule has 0 aromatic heterocycles. The Morgan fingerprint density at radius 2 is 1.65 bits per heavy atom. The van der Waals surface area contributed by atoms with Crippen molar-refractivity contribution >= 4 is 17.7 Å². The number of ether oxygens (including phenoxy) is 2. The highest BCUT2D eigenvalue weighted by atomic mass is 32.2. The number of para-hydroxylation sites is 2. The van der Waals surface area contributed by atoms with E-state index in [0.717, 1.165) is 4.90 Å². The molecule has 0 fully saturated rings. The first-order valence-electron chi connectivity index (χ1n) is 6.31. The summed E-state index contributed by atoms with van der Waals surface area (Å²) in [4.78, 5) is 12.9. The lowest BCUT2D eigenvalue weighted by atomic mass is 10.3. The van der Waals surface area contributed by atoms with E-state index in [0.29, 0.717) is 23.7 Å². The number of rotatable bonds is 6. The van der Waals surface area contributed by atoms with Gasteiger partial charge in [-0.15, -0.1) is 11.8 Å². The van der Waals surface area contributed by atoms with Crippen LogP contribution in [0.4, 0.5) is 0 Å². The van der Waals surface area contributed by atoms with E-state index in [1.54, 1.807) is 31.0 Å². The largest absolute Gasteiger partial charge is 0.493 e. The molecule has 0 spiro atoms. The summed E-state index contributed by atoms with van der Waals surface area (Å²) in [5.74, 6) is 1.47. The van der Waals surface area contributed by atoms with Gasteiger partial charge in [-0.2, -0.15) is 0 Å². The van der Waals surface area contributed by atoms with Crippen LogP contribution >= 0.6 is 11.8 Å². The highest BCUT2D eigenvalue weighted by molar-refractivity contribution is 7.99. The lowest BCUT2D eigenvalue weighted by Gasteiger charge is -2.08. The molecule has 0 saturated heterocycles. The average molecular weight is 288 g/mol. The molecule has 104 valence electrons. The first-order valence-corrected chi connectivity index (χ1v) is 7.29. The second-order valence-corrected chi connectivity index (χ2v) is 5.20. The molecule has 0 bridgehead atoms. The number of hydrogen-bond acceptors (Lipinski definition) is 4. The van der Waals surface area contributed by atoms with Gasteiger partial charge in [-0.05, 0) is 24.3 Å². The van der Waals surface area contributed by atoms with E-state index < -0.39 is 0 Å². The van der Waals surface area contributed by atoms with Gasteiger partial charge in [0.15, 0.2) is 11.5 Å².